The van der Waals surface area contributed by atoms with Crippen LogP contribution in [0.15, 0.2) is 24.3 Å². The zero-order valence-corrected chi connectivity index (χ0v) is 10.4. The molecule has 0 aliphatic carbocycles. The number of carbonyl (C=O) groups is 2. The lowest BCUT2D eigenvalue weighted by Gasteiger charge is -2.21. The molecule has 6 heteroatoms. The maximum absolute atomic E-state index is 11.8. The number of cyclic esters (lactones) is 1. The first-order chi connectivity index (χ1) is 8.95. The molecule has 0 saturated carbocycles. The predicted molar refractivity (Wildman–Crippen MR) is 65.5 cm³/mol. The molecule has 1 fully saturated rings. The number of nitrogens with zero attached hydrogens (tertiary/aromatic N) is 1. The van der Waals surface area contributed by atoms with Crippen LogP contribution in [0.5, 0.6) is 0 Å². The van der Waals surface area contributed by atoms with E-state index in [1.54, 1.807) is 12.1 Å². The van der Waals surface area contributed by atoms with E-state index in [4.69, 9.17) is 4.74 Å². The third-order valence-corrected chi connectivity index (χ3v) is 3.45. The fourth-order valence-electron chi connectivity index (χ4n) is 2.29. The maximum Gasteiger partial charge on any atom is 0.320 e. The number of rotatable bonds is 4. The second kappa shape index (κ2) is 4.79. The lowest BCUT2D eigenvalue weighted by molar-refractivity contribution is -0.384. The molecule has 1 atom stereocenters. The van der Waals surface area contributed by atoms with Gasteiger partial charge in [-0.3, -0.25) is 19.7 Å². The highest BCUT2D eigenvalue weighted by molar-refractivity contribution is 6.04. The van der Waals surface area contributed by atoms with Gasteiger partial charge in [0.05, 0.1) is 11.5 Å². The molecule has 0 radical (unpaired) electrons. The lowest BCUT2D eigenvalue weighted by atomic mass is 9.77. The molecule has 100 valence electrons. The second-order valence-electron chi connectivity index (χ2n) is 4.63. The van der Waals surface area contributed by atoms with Gasteiger partial charge in [0.15, 0.2) is 0 Å². The van der Waals surface area contributed by atoms with E-state index in [0.29, 0.717) is 12.0 Å². The summed E-state index contributed by atoms with van der Waals surface area (Å²) < 4.78 is 4.89. The molecule has 1 saturated heterocycles. The van der Waals surface area contributed by atoms with Gasteiger partial charge in [0.25, 0.3) is 5.69 Å². The van der Waals surface area contributed by atoms with Gasteiger partial charge in [-0.2, -0.15) is 0 Å². The molecule has 1 aromatic carbocycles. The SMILES string of the molecule is CC(=O)C1(Cc2cccc([N+](=O)[O-])c2)CCOC1=O. The number of carbonyl (C=O) groups excluding carboxylic acids is 2. The molecule has 19 heavy (non-hydrogen) atoms. The quantitative estimate of drug-likeness (QED) is 0.357. The Morgan fingerprint density at radius 3 is 2.79 bits per heavy atom. The first-order valence-corrected chi connectivity index (χ1v) is 5.87. The largest absolute Gasteiger partial charge is 0.465 e. The number of benzene rings is 1. The van der Waals surface area contributed by atoms with Crippen LogP contribution >= 0.6 is 0 Å². The fourth-order valence-corrected chi connectivity index (χ4v) is 2.29. The van der Waals surface area contributed by atoms with Gasteiger partial charge in [-0.05, 0) is 18.9 Å². The summed E-state index contributed by atoms with van der Waals surface area (Å²) in [5.74, 6) is -0.798. The molecule has 1 unspecified atom stereocenters. The number of ether oxygens (including phenoxy) is 1. The van der Waals surface area contributed by atoms with Crippen molar-refractivity contribution in [1.29, 1.82) is 0 Å². The summed E-state index contributed by atoms with van der Waals surface area (Å²) in [5, 5.41) is 10.7. The number of hydrogen-bond donors (Lipinski definition) is 0. The number of nitro groups is 1. The normalized spacial score (nSPS) is 22.1. The van der Waals surface area contributed by atoms with Gasteiger partial charge < -0.3 is 4.74 Å². The highest BCUT2D eigenvalue weighted by Crippen LogP contribution is 2.35. The smallest absolute Gasteiger partial charge is 0.320 e. The molecular weight excluding hydrogens is 250 g/mol. The first kappa shape index (κ1) is 13.2. The van der Waals surface area contributed by atoms with Crippen LogP contribution in [0.3, 0.4) is 0 Å². The van der Waals surface area contributed by atoms with Crippen molar-refractivity contribution in [3.05, 3.63) is 39.9 Å². The van der Waals surface area contributed by atoms with Gasteiger partial charge in [0.1, 0.15) is 11.2 Å². The van der Waals surface area contributed by atoms with Gasteiger partial charge in [-0.25, -0.2) is 0 Å². The molecule has 0 bridgehead atoms. The Labute approximate surface area is 109 Å². The standard InChI is InChI=1S/C13H13NO5/c1-9(15)13(5-6-19-12(13)16)8-10-3-2-4-11(7-10)14(17)18/h2-4,7H,5-6,8H2,1H3. The van der Waals surface area contributed by atoms with Gasteiger partial charge >= 0.3 is 5.97 Å². The minimum atomic E-state index is -1.19. The highest BCUT2D eigenvalue weighted by Gasteiger charge is 2.48. The Hall–Kier alpha value is -2.24. The number of hydrogen-bond acceptors (Lipinski definition) is 5. The van der Waals surface area contributed by atoms with E-state index in [-0.39, 0.29) is 24.5 Å². The summed E-state index contributed by atoms with van der Waals surface area (Å²) in [6.07, 6.45) is 0.465. The zero-order valence-electron chi connectivity index (χ0n) is 10.4. The summed E-state index contributed by atoms with van der Waals surface area (Å²) >= 11 is 0. The first-order valence-electron chi connectivity index (χ1n) is 5.87. The van der Waals surface area contributed by atoms with Crippen molar-refractivity contribution >= 4 is 17.4 Å². The maximum atomic E-state index is 11.8. The van der Waals surface area contributed by atoms with Crippen molar-refractivity contribution in [2.75, 3.05) is 6.61 Å². The van der Waals surface area contributed by atoms with Crippen molar-refractivity contribution < 1.29 is 19.2 Å². The van der Waals surface area contributed by atoms with Gasteiger partial charge in [0, 0.05) is 18.6 Å². The topological polar surface area (TPSA) is 86.5 Å². The average molecular weight is 263 g/mol. The Kier molecular flexibility index (Phi) is 3.33. The summed E-state index contributed by atoms with van der Waals surface area (Å²) in [6, 6.07) is 5.97. The van der Waals surface area contributed by atoms with Crippen LogP contribution in [0, 0.1) is 15.5 Å². The molecule has 2 rings (SSSR count). The Balaban J connectivity index is 2.33. The number of esters is 1. The number of ketones is 1. The van der Waals surface area contributed by atoms with Crippen molar-refractivity contribution in [2.45, 2.75) is 19.8 Å². The molecule has 6 nitrogen and oxygen atoms in total. The van der Waals surface area contributed by atoms with E-state index in [1.807, 2.05) is 0 Å². The molecule has 0 spiro atoms. The molecule has 0 aromatic heterocycles. The van der Waals surface area contributed by atoms with Crippen LogP contribution in [0.1, 0.15) is 18.9 Å². The number of nitro benzene ring substituents is 1. The molecule has 1 heterocycles. The van der Waals surface area contributed by atoms with E-state index >= 15 is 0 Å². The van der Waals surface area contributed by atoms with Crippen LogP contribution in [-0.4, -0.2) is 23.3 Å². The van der Waals surface area contributed by atoms with Crippen molar-refractivity contribution in [2.24, 2.45) is 5.41 Å². The van der Waals surface area contributed by atoms with Crippen LogP contribution in [-0.2, 0) is 20.7 Å². The van der Waals surface area contributed by atoms with E-state index in [0.717, 1.165) is 0 Å². The summed E-state index contributed by atoms with van der Waals surface area (Å²) in [7, 11) is 0. The molecule has 1 aromatic rings. The zero-order chi connectivity index (χ0) is 14.0. The van der Waals surface area contributed by atoms with Crippen molar-refractivity contribution in [3.63, 3.8) is 0 Å². The average Bonchev–Trinajstić information content (AvgIpc) is 2.72. The third kappa shape index (κ3) is 2.33. The summed E-state index contributed by atoms with van der Waals surface area (Å²) in [5.41, 5.74) is -0.652. The van der Waals surface area contributed by atoms with E-state index in [1.165, 1.54) is 19.1 Å². The minimum absolute atomic E-state index is 0.0532. The van der Waals surface area contributed by atoms with Crippen molar-refractivity contribution in [1.82, 2.24) is 0 Å². The van der Waals surface area contributed by atoms with Crippen molar-refractivity contribution in [3.8, 4) is 0 Å². The van der Waals surface area contributed by atoms with Crippen LogP contribution in [0.4, 0.5) is 5.69 Å². The molecule has 1 aliphatic heterocycles. The molecule has 1 aliphatic rings. The Morgan fingerprint density at radius 1 is 1.53 bits per heavy atom. The Bertz CT molecular complexity index is 554. The van der Waals surface area contributed by atoms with Crippen LogP contribution in [0.2, 0.25) is 0 Å². The summed E-state index contributed by atoms with van der Waals surface area (Å²) in [4.78, 5) is 33.8. The van der Waals surface area contributed by atoms with Gasteiger partial charge in [-0.15, -0.1) is 0 Å². The van der Waals surface area contributed by atoms with E-state index in [2.05, 4.69) is 0 Å². The van der Waals surface area contributed by atoms with Gasteiger partial charge in [-0.1, -0.05) is 12.1 Å². The number of Topliss-reactive ketones (excluding diaryl/α,β-unsaturated/α-hetero) is 1. The van der Waals surface area contributed by atoms with E-state index < -0.39 is 16.3 Å². The monoisotopic (exact) mass is 263 g/mol. The van der Waals surface area contributed by atoms with Gasteiger partial charge in [0.2, 0.25) is 0 Å². The molecule has 0 N–H and O–H groups in total. The Morgan fingerprint density at radius 2 is 2.26 bits per heavy atom. The third-order valence-electron chi connectivity index (χ3n) is 3.45. The number of non-ortho nitro benzene ring substituents is 1. The summed E-state index contributed by atoms with van der Waals surface area (Å²) in [6.45, 7) is 1.57. The van der Waals surface area contributed by atoms with Crippen LogP contribution < -0.4 is 0 Å². The van der Waals surface area contributed by atoms with E-state index in [9.17, 15) is 19.7 Å². The lowest BCUT2D eigenvalue weighted by Crippen LogP contribution is -2.36. The molecule has 0 amide bonds. The highest BCUT2D eigenvalue weighted by atomic mass is 16.6. The predicted octanol–water partition coefficient (Wildman–Crippen LogP) is 1.66. The second-order valence-corrected chi connectivity index (χ2v) is 4.63. The fraction of sp³-hybridized carbons (Fsp3) is 0.385. The van der Waals surface area contributed by atoms with Crippen LogP contribution in [0.25, 0.3) is 0 Å². The molecular formula is C13H13NO5. The minimum Gasteiger partial charge on any atom is -0.465 e.